The standard InChI is InChI=1S/C18H26N4O4/c1-3-4-7-16(23)21-13-11-12(8-9-15(13)26-2)20-17(24)14-6-5-10-22(14)18(19)25/h8-9,11,14H,3-7,10H2,1-2H3,(H2,19,25)(H,20,24)(H,21,23)/t14-/m1/s1. The third-order valence-corrected chi connectivity index (χ3v) is 4.34. The van der Waals surface area contributed by atoms with E-state index in [1.165, 1.54) is 12.0 Å². The Morgan fingerprint density at radius 1 is 1.31 bits per heavy atom. The molecule has 1 atom stereocenters. The van der Waals surface area contributed by atoms with Crippen molar-refractivity contribution in [2.45, 2.75) is 45.1 Å². The molecule has 0 radical (unpaired) electrons. The van der Waals surface area contributed by atoms with Crippen LogP contribution in [0.3, 0.4) is 0 Å². The van der Waals surface area contributed by atoms with Gasteiger partial charge in [0.1, 0.15) is 11.8 Å². The highest BCUT2D eigenvalue weighted by Gasteiger charge is 2.33. The predicted octanol–water partition coefficient (Wildman–Crippen LogP) is 2.31. The minimum Gasteiger partial charge on any atom is -0.495 e. The van der Waals surface area contributed by atoms with Gasteiger partial charge in [-0.2, -0.15) is 0 Å². The molecule has 0 saturated carbocycles. The van der Waals surface area contributed by atoms with Gasteiger partial charge in [0.05, 0.1) is 12.8 Å². The van der Waals surface area contributed by atoms with Crippen molar-refractivity contribution in [2.24, 2.45) is 5.73 Å². The Balaban J connectivity index is 2.09. The summed E-state index contributed by atoms with van der Waals surface area (Å²) in [5.74, 6) is 0.103. The van der Waals surface area contributed by atoms with E-state index in [2.05, 4.69) is 10.6 Å². The number of nitrogens with two attached hydrogens (primary N) is 1. The first-order chi connectivity index (χ1) is 12.5. The lowest BCUT2D eigenvalue weighted by Gasteiger charge is -2.22. The Kier molecular flexibility index (Phi) is 6.82. The lowest BCUT2D eigenvalue weighted by molar-refractivity contribution is -0.119. The maximum Gasteiger partial charge on any atom is 0.315 e. The molecule has 1 heterocycles. The molecule has 0 unspecified atom stereocenters. The van der Waals surface area contributed by atoms with Gasteiger partial charge >= 0.3 is 6.03 Å². The van der Waals surface area contributed by atoms with Crippen LogP contribution in [0.5, 0.6) is 5.75 Å². The number of carbonyl (C=O) groups is 3. The Morgan fingerprint density at radius 2 is 2.08 bits per heavy atom. The van der Waals surface area contributed by atoms with Gasteiger partial charge in [-0.05, 0) is 37.5 Å². The molecule has 1 aliphatic rings. The van der Waals surface area contributed by atoms with Crippen molar-refractivity contribution in [1.82, 2.24) is 4.90 Å². The molecular weight excluding hydrogens is 336 g/mol. The van der Waals surface area contributed by atoms with Crippen molar-refractivity contribution >= 4 is 29.2 Å². The number of urea groups is 1. The van der Waals surface area contributed by atoms with Gasteiger partial charge in [0.25, 0.3) is 0 Å². The molecule has 142 valence electrons. The monoisotopic (exact) mass is 362 g/mol. The number of methoxy groups -OCH3 is 1. The van der Waals surface area contributed by atoms with Gasteiger partial charge < -0.3 is 26.0 Å². The first-order valence-electron chi connectivity index (χ1n) is 8.81. The summed E-state index contributed by atoms with van der Waals surface area (Å²) in [6.45, 7) is 2.50. The highest BCUT2D eigenvalue weighted by atomic mass is 16.5. The fraction of sp³-hybridized carbons (Fsp3) is 0.500. The number of benzene rings is 1. The van der Waals surface area contributed by atoms with Crippen LogP contribution in [0.2, 0.25) is 0 Å². The van der Waals surface area contributed by atoms with Gasteiger partial charge in [0.15, 0.2) is 0 Å². The Labute approximate surface area is 153 Å². The van der Waals surface area contributed by atoms with Crippen LogP contribution < -0.4 is 21.1 Å². The minimum atomic E-state index is -0.596. The van der Waals surface area contributed by atoms with Crippen molar-refractivity contribution in [3.63, 3.8) is 0 Å². The molecule has 0 spiro atoms. The number of unbranched alkanes of at least 4 members (excludes halogenated alkanes) is 1. The van der Waals surface area contributed by atoms with Crippen molar-refractivity contribution < 1.29 is 19.1 Å². The predicted molar refractivity (Wildman–Crippen MR) is 99.1 cm³/mol. The van der Waals surface area contributed by atoms with E-state index in [0.29, 0.717) is 36.5 Å². The summed E-state index contributed by atoms with van der Waals surface area (Å²) < 4.78 is 5.26. The summed E-state index contributed by atoms with van der Waals surface area (Å²) in [6.07, 6.45) is 3.47. The zero-order valence-corrected chi connectivity index (χ0v) is 15.2. The molecule has 8 heteroatoms. The van der Waals surface area contributed by atoms with E-state index in [4.69, 9.17) is 10.5 Å². The quantitative estimate of drug-likeness (QED) is 0.690. The van der Waals surface area contributed by atoms with Crippen LogP contribution in [0.15, 0.2) is 18.2 Å². The van der Waals surface area contributed by atoms with E-state index in [0.717, 1.165) is 19.3 Å². The number of primary amides is 1. The molecule has 1 aromatic carbocycles. The Morgan fingerprint density at radius 3 is 2.73 bits per heavy atom. The smallest absolute Gasteiger partial charge is 0.315 e. The second-order valence-electron chi connectivity index (χ2n) is 6.25. The molecule has 0 aromatic heterocycles. The van der Waals surface area contributed by atoms with Gasteiger partial charge in [-0.3, -0.25) is 9.59 Å². The molecule has 1 fully saturated rings. The number of ether oxygens (including phenoxy) is 1. The van der Waals surface area contributed by atoms with E-state index < -0.39 is 12.1 Å². The second-order valence-corrected chi connectivity index (χ2v) is 6.25. The molecule has 2 rings (SSSR count). The van der Waals surface area contributed by atoms with Gasteiger partial charge in [-0.25, -0.2) is 4.79 Å². The van der Waals surface area contributed by atoms with Crippen LogP contribution in [0.1, 0.15) is 39.0 Å². The van der Waals surface area contributed by atoms with E-state index in [1.54, 1.807) is 18.2 Å². The van der Waals surface area contributed by atoms with Crippen molar-refractivity contribution in [2.75, 3.05) is 24.3 Å². The first kappa shape index (κ1) is 19.6. The van der Waals surface area contributed by atoms with Crippen LogP contribution in [-0.2, 0) is 9.59 Å². The molecule has 0 bridgehead atoms. The number of hydrogen-bond donors (Lipinski definition) is 3. The molecule has 1 aromatic rings. The summed E-state index contributed by atoms with van der Waals surface area (Å²) in [7, 11) is 1.51. The largest absolute Gasteiger partial charge is 0.495 e. The van der Waals surface area contributed by atoms with E-state index in [1.807, 2.05) is 6.92 Å². The van der Waals surface area contributed by atoms with Gasteiger partial charge in [-0.15, -0.1) is 0 Å². The summed E-state index contributed by atoms with van der Waals surface area (Å²) in [6, 6.07) is 3.83. The number of rotatable bonds is 7. The summed E-state index contributed by atoms with van der Waals surface area (Å²) >= 11 is 0. The summed E-state index contributed by atoms with van der Waals surface area (Å²) in [4.78, 5) is 37.3. The normalized spacial score (nSPS) is 16.2. The number of nitrogens with zero attached hydrogens (tertiary/aromatic N) is 1. The van der Waals surface area contributed by atoms with Crippen molar-refractivity contribution in [3.05, 3.63) is 18.2 Å². The summed E-state index contributed by atoms with van der Waals surface area (Å²) in [5.41, 5.74) is 6.32. The molecule has 26 heavy (non-hydrogen) atoms. The van der Waals surface area contributed by atoms with Crippen LogP contribution in [0.4, 0.5) is 16.2 Å². The van der Waals surface area contributed by atoms with Crippen molar-refractivity contribution in [1.29, 1.82) is 0 Å². The number of likely N-dealkylation sites (tertiary alicyclic amines) is 1. The number of nitrogens with one attached hydrogen (secondary N) is 2. The number of hydrogen-bond acceptors (Lipinski definition) is 4. The maximum absolute atomic E-state index is 12.5. The fourth-order valence-electron chi connectivity index (χ4n) is 2.96. The lowest BCUT2D eigenvalue weighted by atomic mass is 10.2. The summed E-state index contributed by atoms with van der Waals surface area (Å²) in [5, 5.41) is 5.59. The van der Waals surface area contributed by atoms with Gasteiger partial charge in [0.2, 0.25) is 11.8 Å². The third-order valence-electron chi connectivity index (χ3n) is 4.34. The van der Waals surface area contributed by atoms with Gasteiger partial charge in [0, 0.05) is 18.7 Å². The molecule has 4 N–H and O–H groups in total. The first-order valence-corrected chi connectivity index (χ1v) is 8.81. The molecule has 8 nitrogen and oxygen atoms in total. The molecule has 1 saturated heterocycles. The third kappa shape index (κ3) is 4.87. The average Bonchev–Trinajstić information content (AvgIpc) is 3.10. The zero-order valence-electron chi connectivity index (χ0n) is 15.2. The van der Waals surface area contributed by atoms with Crippen LogP contribution >= 0.6 is 0 Å². The van der Waals surface area contributed by atoms with E-state index in [-0.39, 0.29) is 11.8 Å². The molecule has 1 aliphatic heterocycles. The SMILES string of the molecule is CCCCC(=O)Nc1cc(NC(=O)[C@H]2CCCN2C(N)=O)ccc1OC. The molecule has 0 aliphatic carbocycles. The Hall–Kier alpha value is -2.77. The highest BCUT2D eigenvalue weighted by molar-refractivity contribution is 5.99. The fourth-order valence-corrected chi connectivity index (χ4v) is 2.96. The number of carbonyl (C=O) groups excluding carboxylic acids is 3. The van der Waals surface area contributed by atoms with Crippen LogP contribution in [0, 0.1) is 0 Å². The van der Waals surface area contributed by atoms with Crippen LogP contribution in [0.25, 0.3) is 0 Å². The van der Waals surface area contributed by atoms with Crippen molar-refractivity contribution in [3.8, 4) is 5.75 Å². The number of amides is 4. The highest BCUT2D eigenvalue weighted by Crippen LogP contribution is 2.29. The van der Waals surface area contributed by atoms with E-state index >= 15 is 0 Å². The van der Waals surface area contributed by atoms with E-state index in [9.17, 15) is 14.4 Å². The van der Waals surface area contributed by atoms with Crippen LogP contribution in [-0.4, -0.2) is 42.4 Å². The lowest BCUT2D eigenvalue weighted by Crippen LogP contribution is -2.45. The zero-order chi connectivity index (χ0) is 19.1. The average molecular weight is 362 g/mol. The molecule has 4 amide bonds. The minimum absolute atomic E-state index is 0.107. The van der Waals surface area contributed by atoms with Gasteiger partial charge in [-0.1, -0.05) is 13.3 Å². The second kappa shape index (κ2) is 9.07. The Bertz CT molecular complexity index is 677. The maximum atomic E-state index is 12.5. The topological polar surface area (TPSA) is 114 Å². The molecular formula is C18H26N4O4. The number of anilines is 2.